The Hall–Kier alpha value is -4.03. The highest BCUT2D eigenvalue weighted by molar-refractivity contribution is 5.95. The zero-order chi connectivity index (χ0) is 66.8. The zero-order valence-corrected chi connectivity index (χ0v) is 58.8. The summed E-state index contributed by atoms with van der Waals surface area (Å²) in [5.41, 5.74) is -1.41. The molecule has 0 aliphatic heterocycles. The lowest BCUT2D eigenvalue weighted by Crippen LogP contribution is -2.60. The minimum absolute atomic E-state index is 0.00338. The van der Waals surface area contributed by atoms with Gasteiger partial charge in [0, 0.05) is 124 Å². The number of unbranched alkanes of at least 4 members (excludes halogenated alkanes) is 1. The first-order chi connectivity index (χ1) is 43.5. The van der Waals surface area contributed by atoms with E-state index in [1.807, 2.05) is 6.92 Å². The molecule has 3 unspecified atom stereocenters. The lowest BCUT2D eigenvalue weighted by molar-refractivity contribution is -0.168. The third-order valence-corrected chi connectivity index (χ3v) is 30.3. The van der Waals surface area contributed by atoms with Crippen molar-refractivity contribution in [2.45, 2.75) is 276 Å². The van der Waals surface area contributed by atoms with E-state index >= 15 is 0 Å². The highest BCUT2D eigenvalue weighted by Gasteiger charge is 2.70. The Balaban J connectivity index is 0.000000152. The van der Waals surface area contributed by atoms with Gasteiger partial charge in [0.15, 0.2) is 0 Å². The molecule has 92 heavy (non-hydrogen) atoms. The first-order valence-corrected chi connectivity index (χ1v) is 37.5. The topological polar surface area (TPSA) is 206 Å². The molecule has 12 aliphatic rings. The van der Waals surface area contributed by atoms with Crippen LogP contribution in [0, 0.1) is 139 Å². The second kappa shape index (κ2) is 27.5. The van der Waals surface area contributed by atoms with Crippen LogP contribution in [0.1, 0.15) is 276 Å². The van der Waals surface area contributed by atoms with E-state index in [1.54, 1.807) is 0 Å². The molecule has 512 valence electrons. The molecule has 12 saturated carbocycles. The molecular formula is C79H118O13. The van der Waals surface area contributed by atoms with E-state index in [9.17, 15) is 52.7 Å². The van der Waals surface area contributed by atoms with Crippen LogP contribution in [0.3, 0.4) is 0 Å². The fourth-order valence-corrected chi connectivity index (χ4v) is 24.6. The molecule has 24 atom stereocenters. The summed E-state index contributed by atoms with van der Waals surface area (Å²) in [6.45, 7) is 27.1. The summed E-state index contributed by atoms with van der Waals surface area (Å²) in [7, 11) is 0. The van der Waals surface area contributed by atoms with Crippen LogP contribution in [0.25, 0.3) is 0 Å². The van der Waals surface area contributed by atoms with E-state index in [-0.39, 0.29) is 140 Å². The van der Waals surface area contributed by atoms with Crippen molar-refractivity contribution >= 4 is 64.0 Å². The second-order valence-corrected chi connectivity index (χ2v) is 34.4. The Morgan fingerprint density at radius 1 is 0.391 bits per heavy atom. The molecule has 12 fully saturated rings. The van der Waals surface area contributed by atoms with Crippen LogP contribution >= 0.6 is 0 Å². The Bertz CT molecular complexity index is 2890. The zero-order valence-electron chi connectivity index (χ0n) is 58.8. The summed E-state index contributed by atoms with van der Waals surface area (Å²) in [5, 5.41) is 0. The summed E-state index contributed by atoms with van der Waals surface area (Å²) in [6, 6.07) is 0. The van der Waals surface area contributed by atoms with Gasteiger partial charge >= 0.3 is 11.9 Å². The minimum Gasteiger partial charge on any atom is -0.466 e. The monoisotopic (exact) mass is 1270 g/mol. The summed E-state index contributed by atoms with van der Waals surface area (Å²) in [6.07, 6.45) is 22.2. The molecule has 0 aromatic heterocycles. The van der Waals surface area contributed by atoms with Crippen molar-refractivity contribution in [2.24, 2.45) is 139 Å². The Labute approximate surface area is 551 Å². The van der Waals surface area contributed by atoms with Crippen LogP contribution in [0.2, 0.25) is 0 Å². The molecule has 0 aromatic rings. The molecule has 0 amide bonds. The average molecular weight is 1280 g/mol. The van der Waals surface area contributed by atoms with Crippen molar-refractivity contribution in [3.8, 4) is 0 Å². The minimum atomic E-state index is -0.476. The molecule has 12 aliphatic carbocycles. The van der Waals surface area contributed by atoms with Gasteiger partial charge in [-0.1, -0.05) is 102 Å². The number of carbonyl (C=O) groups is 11. The Kier molecular flexibility index (Phi) is 21.1. The Morgan fingerprint density at radius 3 is 1.01 bits per heavy atom. The molecule has 0 aromatic carbocycles. The number of esters is 2. The highest BCUT2D eigenvalue weighted by Crippen LogP contribution is 2.70. The lowest BCUT2D eigenvalue weighted by Gasteiger charge is -2.58. The standard InChI is InChI=1S/C28H42O5.C27H40O5.C24H36O3/c1-5-6-13-33-25(32)10-7-17(2)20-8-9-21-26-22(16-24(31)28(20,21)4)27(3)12-11-19(29)14-18(27)15-23(26)30;1-5-12-32-24(31)9-6-16(2)19-7-8-20-25-21(15-23(30)27(19,20)4)26(3)11-10-18(28)13-17(26)14-22(25)29;1-5-6-14(2)17-7-8-18-22-19(13-21(27)24(17,18)4)23(3)10-9-16(25)11-15(23)12-20(22)26/h17-18,20-22,26H,5-16H2,1-4H3;16-17,19-21,25H,5-15H2,1-4H3;14-15,17-19,22H,5-13H2,1-4H3/t17?,18-,20+,21-,22-,26-,27-,28+;16?,17-,19+,20-,21-,25-,26-,27+;14?,15-,17+,18-,19-,22-,23-,24+/m000/s1. The van der Waals surface area contributed by atoms with E-state index in [0.29, 0.717) is 155 Å². The second-order valence-electron chi connectivity index (χ2n) is 34.4. The van der Waals surface area contributed by atoms with Gasteiger partial charge in [-0.05, 0) is 188 Å². The van der Waals surface area contributed by atoms with Gasteiger partial charge in [-0.25, -0.2) is 0 Å². The quantitative estimate of drug-likeness (QED) is 0.104. The fourth-order valence-electron chi connectivity index (χ4n) is 24.6. The highest BCUT2D eigenvalue weighted by atomic mass is 16.5. The van der Waals surface area contributed by atoms with Gasteiger partial charge in [0.25, 0.3) is 0 Å². The van der Waals surface area contributed by atoms with Crippen molar-refractivity contribution in [2.75, 3.05) is 13.2 Å². The van der Waals surface area contributed by atoms with E-state index in [4.69, 9.17) is 9.47 Å². The van der Waals surface area contributed by atoms with Crippen molar-refractivity contribution in [3.63, 3.8) is 0 Å². The summed E-state index contributed by atoms with van der Waals surface area (Å²) < 4.78 is 10.6. The summed E-state index contributed by atoms with van der Waals surface area (Å²) >= 11 is 0. The number of fused-ring (bicyclic) bond motifs is 15. The van der Waals surface area contributed by atoms with Gasteiger partial charge in [-0.15, -0.1) is 0 Å². The molecule has 0 heterocycles. The van der Waals surface area contributed by atoms with Crippen LogP contribution in [-0.4, -0.2) is 77.2 Å². The smallest absolute Gasteiger partial charge is 0.305 e. The van der Waals surface area contributed by atoms with E-state index < -0.39 is 10.8 Å². The Morgan fingerprint density at radius 2 is 0.707 bits per heavy atom. The van der Waals surface area contributed by atoms with Crippen LogP contribution in [0.15, 0.2) is 0 Å². The molecule has 0 N–H and O–H groups in total. The largest absolute Gasteiger partial charge is 0.466 e. The van der Waals surface area contributed by atoms with E-state index in [1.165, 1.54) is 6.42 Å². The maximum atomic E-state index is 13.8. The molecule has 0 radical (unpaired) electrons. The normalized spacial score (nSPS) is 43.5. The number of ketones is 9. The van der Waals surface area contributed by atoms with Crippen LogP contribution in [0.5, 0.6) is 0 Å². The van der Waals surface area contributed by atoms with Gasteiger partial charge in [0.1, 0.15) is 52.0 Å². The predicted molar refractivity (Wildman–Crippen MR) is 351 cm³/mol. The van der Waals surface area contributed by atoms with Crippen molar-refractivity contribution in [3.05, 3.63) is 0 Å². The third kappa shape index (κ3) is 12.3. The van der Waals surface area contributed by atoms with Gasteiger partial charge in [-0.2, -0.15) is 0 Å². The van der Waals surface area contributed by atoms with Gasteiger partial charge in [-0.3, -0.25) is 52.7 Å². The van der Waals surface area contributed by atoms with Crippen molar-refractivity contribution in [1.29, 1.82) is 0 Å². The van der Waals surface area contributed by atoms with Gasteiger partial charge in [0.2, 0.25) is 0 Å². The predicted octanol–water partition coefficient (Wildman–Crippen LogP) is 15.3. The van der Waals surface area contributed by atoms with Crippen LogP contribution in [0.4, 0.5) is 0 Å². The number of ether oxygens (including phenoxy) is 2. The maximum absolute atomic E-state index is 13.8. The SMILES string of the molecule is CCCC(C)[C@H]1CC[C@H]2[C@@H]3C(=O)C[C@@H]4CC(=O)CC[C@]4(C)[C@H]3CC(=O)[C@]12C.CCCCOC(=O)CCC(C)[C@H]1CC[C@H]2[C@@H]3C(=O)C[C@@H]4CC(=O)CC[C@]4(C)[C@H]3CC(=O)[C@]12C.CCCOC(=O)CCC(C)[C@H]1CC[C@H]2[C@@H]3C(=O)C[C@@H]4CC(=O)CC[C@]4(C)[C@H]3CC(=O)[C@]12C. The molecule has 13 nitrogen and oxygen atoms in total. The van der Waals surface area contributed by atoms with Crippen LogP contribution in [-0.2, 0) is 62.2 Å². The third-order valence-electron chi connectivity index (χ3n) is 30.3. The summed E-state index contributed by atoms with van der Waals surface area (Å²) in [4.78, 5) is 142. The molecule has 13 heteroatoms. The van der Waals surface area contributed by atoms with E-state index in [0.717, 1.165) is 96.3 Å². The number of Topliss-reactive ketones (excluding diaryl/α,β-unsaturated/α-hetero) is 9. The first-order valence-electron chi connectivity index (χ1n) is 37.5. The molecule has 12 rings (SSSR count). The average Bonchev–Trinajstić information content (AvgIpc) is 1.33. The molecular weight excluding hydrogens is 1160 g/mol. The summed E-state index contributed by atoms with van der Waals surface area (Å²) in [5.74, 6) is 5.65. The number of carbonyl (C=O) groups excluding carboxylic acids is 11. The first kappa shape index (κ1) is 70.8. The number of hydrogen-bond donors (Lipinski definition) is 0. The lowest BCUT2D eigenvalue weighted by atomic mass is 9.44. The molecule has 0 spiro atoms. The van der Waals surface area contributed by atoms with Crippen molar-refractivity contribution < 1.29 is 62.2 Å². The number of hydrogen-bond acceptors (Lipinski definition) is 13. The molecule has 0 saturated heterocycles. The van der Waals surface area contributed by atoms with Gasteiger partial charge < -0.3 is 9.47 Å². The fraction of sp³-hybridized carbons (Fsp3) is 0.861. The van der Waals surface area contributed by atoms with Crippen LogP contribution < -0.4 is 0 Å². The van der Waals surface area contributed by atoms with Gasteiger partial charge in [0.05, 0.1) is 13.2 Å². The molecule has 0 bridgehead atoms. The van der Waals surface area contributed by atoms with E-state index in [2.05, 4.69) is 76.2 Å². The van der Waals surface area contributed by atoms with Crippen molar-refractivity contribution in [1.82, 2.24) is 0 Å². The maximum Gasteiger partial charge on any atom is 0.305 e. The number of rotatable bonds is 16.